The minimum atomic E-state index is 0.0738. The Labute approximate surface area is 113 Å². The largest absolute Gasteiger partial charge is 0.384 e. The molecule has 19 heavy (non-hydrogen) atoms. The van der Waals surface area contributed by atoms with E-state index in [1.165, 1.54) is 0 Å². The lowest BCUT2D eigenvalue weighted by molar-refractivity contribution is -0.117. The van der Waals surface area contributed by atoms with E-state index in [0.29, 0.717) is 25.1 Å². The normalized spacial score (nSPS) is 18.5. The zero-order valence-corrected chi connectivity index (χ0v) is 11.0. The Morgan fingerprint density at radius 2 is 2.37 bits per heavy atom. The van der Waals surface area contributed by atoms with Crippen LogP contribution in [0.25, 0.3) is 0 Å². The van der Waals surface area contributed by atoms with E-state index in [4.69, 9.17) is 11.0 Å². The number of nitrogens with two attached hydrogens (primary N) is 1. The Kier molecular flexibility index (Phi) is 4.03. The summed E-state index contributed by atoms with van der Waals surface area (Å²) >= 11 is 0. The molecule has 0 bridgehead atoms. The van der Waals surface area contributed by atoms with E-state index in [1.807, 2.05) is 13.0 Å². The Morgan fingerprint density at radius 1 is 1.58 bits per heavy atom. The second-order valence-electron chi connectivity index (χ2n) is 4.68. The summed E-state index contributed by atoms with van der Waals surface area (Å²) in [6.07, 6.45) is 0.485. The third-order valence-corrected chi connectivity index (χ3v) is 3.32. The fourth-order valence-corrected chi connectivity index (χ4v) is 2.34. The monoisotopic (exact) mass is 258 g/mol. The van der Waals surface area contributed by atoms with Gasteiger partial charge in [0.1, 0.15) is 0 Å². The first-order valence-corrected chi connectivity index (χ1v) is 6.48. The molecule has 1 heterocycles. The summed E-state index contributed by atoms with van der Waals surface area (Å²) in [5.41, 5.74) is 7.86. The van der Waals surface area contributed by atoms with Gasteiger partial charge in [-0.25, -0.2) is 0 Å². The van der Waals surface area contributed by atoms with Crippen molar-refractivity contribution in [1.29, 1.82) is 5.26 Å². The number of carbonyl (C=O) groups is 1. The number of nitriles is 1. The summed E-state index contributed by atoms with van der Waals surface area (Å²) in [6, 6.07) is 7.47. The van der Waals surface area contributed by atoms with Crippen molar-refractivity contribution in [3.05, 3.63) is 23.8 Å². The van der Waals surface area contributed by atoms with Gasteiger partial charge in [0.2, 0.25) is 5.91 Å². The molecule has 1 aliphatic rings. The van der Waals surface area contributed by atoms with Gasteiger partial charge in [0.05, 0.1) is 23.0 Å². The van der Waals surface area contributed by atoms with Crippen LogP contribution in [0.1, 0.15) is 18.9 Å². The van der Waals surface area contributed by atoms with Crippen LogP contribution in [0, 0.1) is 17.2 Å². The van der Waals surface area contributed by atoms with Crippen molar-refractivity contribution in [2.75, 3.05) is 29.9 Å². The molecule has 1 saturated heterocycles. The molecule has 0 aromatic heterocycles. The van der Waals surface area contributed by atoms with E-state index in [9.17, 15) is 4.79 Å². The molecule has 0 spiro atoms. The molecule has 1 aliphatic heterocycles. The number of hydrogen-bond donors (Lipinski definition) is 2. The molecular formula is C14H18N4O. The Bertz CT molecular complexity index is 521. The molecule has 1 amide bonds. The Balaban J connectivity index is 2.37. The lowest BCUT2D eigenvalue weighted by Crippen LogP contribution is -2.26. The minimum absolute atomic E-state index is 0.0738. The van der Waals surface area contributed by atoms with Gasteiger partial charge in [-0.2, -0.15) is 5.26 Å². The van der Waals surface area contributed by atoms with Crippen molar-refractivity contribution >= 4 is 17.3 Å². The number of hydrogen-bond acceptors (Lipinski definition) is 4. The molecule has 5 heteroatoms. The third kappa shape index (κ3) is 2.69. The zero-order valence-electron chi connectivity index (χ0n) is 11.0. The molecule has 1 aromatic rings. The number of anilines is 2. The molecule has 100 valence electrons. The number of benzene rings is 1. The van der Waals surface area contributed by atoms with Crippen LogP contribution in [0.3, 0.4) is 0 Å². The summed E-state index contributed by atoms with van der Waals surface area (Å²) in [7, 11) is 0. The van der Waals surface area contributed by atoms with Gasteiger partial charge in [0.25, 0.3) is 0 Å². The maximum atomic E-state index is 12.1. The van der Waals surface area contributed by atoms with E-state index in [0.717, 1.165) is 17.9 Å². The van der Waals surface area contributed by atoms with Gasteiger partial charge >= 0.3 is 0 Å². The van der Waals surface area contributed by atoms with Gasteiger partial charge in [-0.3, -0.25) is 4.79 Å². The van der Waals surface area contributed by atoms with Crippen LogP contribution in [0.4, 0.5) is 11.4 Å². The molecule has 0 radical (unpaired) electrons. The van der Waals surface area contributed by atoms with Gasteiger partial charge in [-0.05, 0) is 37.6 Å². The first-order chi connectivity index (χ1) is 9.19. The fourth-order valence-electron chi connectivity index (χ4n) is 2.34. The predicted molar refractivity (Wildman–Crippen MR) is 74.8 cm³/mol. The zero-order chi connectivity index (χ0) is 13.8. The van der Waals surface area contributed by atoms with Crippen molar-refractivity contribution in [2.24, 2.45) is 11.7 Å². The van der Waals surface area contributed by atoms with E-state index in [-0.39, 0.29) is 11.8 Å². The average molecular weight is 258 g/mol. The SMILES string of the molecule is CCNc1ccc(C#N)cc1N1CC(CN)CC1=O. The number of amides is 1. The van der Waals surface area contributed by atoms with Gasteiger partial charge in [-0.1, -0.05) is 0 Å². The summed E-state index contributed by atoms with van der Waals surface area (Å²) in [5.74, 6) is 0.275. The number of carbonyl (C=O) groups excluding carboxylic acids is 1. The lowest BCUT2D eigenvalue weighted by atomic mass is 10.1. The summed E-state index contributed by atoms with van der Waals surface area (Å²) < 4.78 is 0. The Morgan fingerprint density at radius 3 is 2.95 bits per heavy atom. The van der Waals surface area contributed by atoms with Crippen LogP contribution in [-0.2, 0) is 4.79 Å². The fraction of sp³-hybridized carbons (Fsp3) is 0.429. The molecule has 2 rings (SSSR count). The first kappa shape index (κ1) is 13.4. The van der Waals surface area contributed by atoms with Crippen LogP contribution in [0.5, 0.6) is 0 Å². The molecule has 5 nitrogen and oxygen atoms in total. The van der Waals surface area contributed by atoms with Crippen LogP contribution < -0.4 is 16.0 Å². The Hall–Kier alpha value is -2.06. The van der Waals surface area contributed by atoms with Gasteiger partial charge in [-0.15, -0.1) is 0 Å². The van der Waals surface area contributed by atoms with E-state index < -0.39 is 0 Å². The van der Waals surface area contributed by atoms with Crippen LogP contribution in [0.2, 0.25) is 0 Å². The van der Waals surface area contributed by atoms with Crippen molar-refractivity contribution in [3.8, 4) is 6.07 Å². The van der Waals surface area contributed by atoms with Crippen LogP contribution in [0.15, 0.2) is 18.2 Å². The van der Waals surface area contributed by atoms with Crippen molar-refractivity contribution in [2.45, 2.75) is 13.3 Å². The number of rotatable bonds is 4. The van der Waals surface area contributed by atoms with E-state index in [2.05, 4.69) is 11.4 Å². The molecule has 0 saturated carbocycles. The molecular weight excluding hydrogens is 240 g/mol. The van der Waals surface area contributed by atoms with Crippen molar-refractivity contribution in [1.82, 2.24) is 0 Å². The molecule has 1 fully saturated rings. The highest BCUT2D eigenvalue weighted by atomic mass is 16.2. The summed E-state index contributed by atoms with van der Waals surface area (Å²) in [6.45, 7) is 3.90. The van der Waals surface area contributed by atoms with E-state index >= 15 is 0 Å². The maximum absolute atomic E-state index is 12.1. The lowest BCUT2D eigenvalue weighted by Gasteiger charge is -2.21. The first-order valence-electron chi connectivity index (χ1n) is 6.48. The van der Waals surface area contributed by atoms with Crippen molar-refractivity contribution < 1.29 is 4.79 Å². The second kappa shape index (κ2) is 5.72. The standard InChI is InChI=1S/C14H18N4O/c1-2-17-12-4-3-10(7-15)5-13(12)18-9-11(8-16)6-14(18)19/h3-5,11,17H,2,6,8-9,16H2,1H3. The van der Waals surface area contributed by atoms with Gasteiger partial charge < -0.3 is 16.0 Å². The van der Waals surface area contributed by atoms with Crippen LogP contribution >= 0.6 is 0 Å². The molecule has 0 aliphatic carbocycles. The topological polar surface area (TPSA) is 82.2 Å². The van der Waals surface area contributed by atoms with Gasteiger partial charge in [0.15, 0.2) is 0 Å². The molecule has 1 atom stereocenters. The number of nitrogens with one attached hydrogen (secondary N) is 1. The van der Waals surface area contributed by atoms with Crippen LogP contribution in [-0.4, -0.2) is 25.5 Å². The molecule has 1 unspecified atom stereocenters. The highest BCUT2D eigenvalue weighted by molar-refractivity contribution is 5.99. The minimum Gasteiger partial charge on any atom is -0.384 e. The maximum Gasteiger partial charge on any atom is 0.227 e. The summed E-state index contributed by atoms with van der Waals surface area (Å²) in [5, 5.41) is 12.2. The molecule has 3 N–H and O–H groups in total. The van der Waals surface area contributed by atoms with Crippen molar-refractivity contribution in [3.63, 3.8) is 0 Å². The highest BCUT2D eigenvalue weighted by Crippen LogP contribution is 2.32. The van der Waals surface area contributed by atoms with Gasteiger partial charge in [0, 0.05) is 19.5 Å². The smallest absolute Gasteiger partial charge is 0.227 e. The number of nitrogens with zero attached hydrogens (tertiary/aromatic N) is 2. The second-order valence-corrected chi connectivity index (χ2v) is 4.68. The van der Waals surface area contributed by atoms with E-state index in [1.54, 1.807) is 17.0 Å². The molecule has 1 aromatic carbocycles. The third-order valence-electron chi connectivity index (χ3n) is 3.32. The average Bonchev–Trinajstić information content (AvgIpc) is 2.81. The quantitative estimate of drug-likeness (QED) is 0.853. The highest BCUT2D eigenvalue weighted by Gasteiger charge is 2.31. The summed E-state index contributed by atoms with van der Waals surface area (Å²) in [4.78, 5) is 13.8. The predicted octanol–water partition coefficient (Wildman–Crippen LogP) is 1.30.